The van der Waals surface area contributed by atoms with Crippen molar-refractivity contribution in [1.82, 2.24) is 0 Å². The molecule has 1 aromatic heterocycles. The minimum atomic E-state index is -0.889. The van der Waals surface area contributed by atoms with Crippen LogP contribution in [-0.2, 0) is 14.3 Å². The third-order valence-electron chi connectivity index (χ3n) is 11.7. The van der Waals surface area contributed by atoms with Gasteiger partial charge >= 0.3 is 17.6 Å². The van der Waals surface area contributed by atoms with E-state index < -0.39 is 23.1 Å². The van der Waals surface area contributed by atoms with Crippen molar-refractivity contribution in [3.8, 4) is 0 Å². The molecule has 4 aliphatic rings. The van der Waals surface area contributed by atoms with Gasteiger partial charge in [0.2, 0.25) is 0 Å². The van der Waals surface area contributed by atoms with Crippen molar-refractivity contribution < 1.29 is 34.1 Å². The van der Waals surface area contributed by atoms with E-state index in [0.29, 0.717) is 31.6 Å². The number of carboxylic acids is 1. The number of carbonyl (C=O) groups excluding carboxylic acids is 1. The highest BCUT2D eigenvalue weighted by Crippen LogP contribution is 2.70. The smallest absolute Gasteiger partial charge is 0.335 e. The van der Waals surface area contributed by atoms with Crippen LogP contribution in [0.4, 0.5) is 0 Å². The second-order valence-electron chi connectivity index (χ2n) is 13.7. The molecule has 8 nitrogen and oxygen atoms in total. The van der Waals surface area contributed by atoms with Gasteiger partial charge in [-0.05, 0) is 105 Å². The molecule has 0 spiro atoms. The van der Waals surface area contributed by atoms with Crippen molar-refractivity contribution in [3.05, 3.63) is 34.4 Å². The summed E-state index contributed by atoms with van der Waals surface area (Å²) < 4.78 is 11.1. The van der Waals surface area contributed by atoms with Gasteiger partial charge in [-0.1, -0.05) is 26.7 Å². The highest BCUT2D eigenvalue weighted by molar-refractivity contribution is 5.69. The Bertz CT molecular complexity index is 1130. The number of aliphatic hydroxyl groups is 2. The Labute approximate surface area is 236 Å². The average Bonchev–Trinajstić information content (AvgIpc) is 3.17. The molecule has 0 amide bonds. The third-order valence-corrected chi connectivity index (χ3v) is 11.7. The maximum absolute atomic E-state index is 12.5. The Balaban J connectivity index is 1.22. The van der Waals surface area contributed by atoms with Crippen LogP contribution in [0.2, 0.25) is 0 Å². The number of aliphatic carboxylic acids is 1. The number of esters is 1. The van der Waals surface area contributed by atoms with E-state index in [-0.39, 0.29) is 47.3 Å². The van der Waals surface area contributed by atoms with Crippen molar-refractivity contribution in [2.75, 3.05) is 0 Å². The van der Waals surface area contributed by atoms with E-state index in [1.54, 1.807) is 0 Å². The second-order valence-corrected chi connectivity index (χ2v) is 13.7. The molecule has 222 valence electrons. The summed E-state index contributed by atoms with van der Waals surface area (Å²) in [5.41, 5.74) is -0.974. The van der Waals surface area contributed by atoms with E-state index in [4.69, 9.17) is 14.3 Å². The topological polar surface area (TPSA) is 134 Å². The summed E-state index contributed by atoms with van der Waals surface area (Å²) in [7, 11) is 0. The Morgan fingerprint density at radius 1 is 1.02 bits per heavy atom. The molecular formula is C32H46O8. The van der Waals surface area contributed by atoms with Gasteiger partial charge in [-0.3, -0.25) is 9.59 Å². The molecular weight excluding hydrogens is 512 g/mol. The van der Waals surface area contributed by atoms with Crippen molar-refractivity contribution in [3.63, 3.8) is 0 Å². The van der Waals surface area contributed by atoms with Crippen LogP contribution < -0.4 is 5.63 Å². The summed E-state index contributed by atoms with van der Waals surface area (Å²) in [6, 6.07) is 3.25. The molecule has 8 heteroatoms. The van der Waals surface area contributed by atoms with Crippen LogP contribution in [0.1, 0.15) is 115 Å². The van der Waals surface area contributed by atoms with Gasteiger partial charge in [0.1, 0.15) is 6.10 Å². The Kier molecular flexibility index (Phi) is 8.23. The first-order valence-electron chi connectivity index (χ1n) is 15.4. The van der Waals surface area contributed by atoms with Crippen LogP contribution in [0.25, 0.3) is 0 Å². The van der Waals surface area contributed by atoms with Gasteiger partial charge in [-0.15, -0.1) is 0 Å². The lowest BCUT2D eigenvalue weighted by molar-refractivity contribution is -0.240. The van der Waals surface area contributed by atoms with Crippen LogP contribution in [0, 0.1) is 28.6 Å². The lowest BCUT2D eigenvalue weighted by atomic mass is 9.42. The molecule has 5 rings (SSSR count). The van der Waals surface area contributed by atoms with E-state index >= 15 is 0 Å². The standard InChI is InChI=1S/C32H46O8/c1-30-15-13-22(40-28(37)8-6-4-3-5-7-26(34)35)17-21(30)10-11-24-29(30)25(33)18-31(2)23(14-16-32(24,31)38)20-9-12-27(36)39-19-20/h9,12,19,21-25,29,33,38H,3-8,10-11,13-18H2,1-2H3,(H,34,35)/t21-,22+,23-,24+,25-,29-,30+,31-,32+/m1/s1. The summed E-state index contributed by atoms with van der Waals surface area (Å²) >= 11 is 0. The first kappa shape index (κ1) is 29.3. The first-order chi connectivity index (χ1) is 19.0. The summed E-state index contributed by atoms with van der Waals surface area (Å²) in [6.07, 6.45) is 10.7. The molecule has 1 heterocycles. The first-order valence-corrected chi connectivity index (χ1v) is 15.4. The van der Waals surface area contributed by atoms with Crippen LogP contribution in [0.15, 0.2) is 27.6 Å². The molecule has 0 aromatic carbocycles. The second kappa shape index (κ2) is 11.2. The van der Waals surface area contributed by atoms with Gasteiger partial charge in [0, 0.05) is 24.3 Å². The molecule has 0 radical (unpaired) electrons. The maximum atomic E-state index is 12.5. The van der Waals surface area contributed by atoms with Gasteiger partial charge in [0.05, 0.1) is 18.0 Å². The van der Waals surface area contributed by atoms with Crippen molar-refractivity contribution in [1.29, 1.82) is 0 Å². The van der Waals surface area contributed by atoms with E-state index in [0.717, 1.165) is 63.4 Å². The number of carbonyl (C=O) groups is 2. The van der Waals surface area contributed by atoms with Gasteiger partial charge in [-0.2, -0.15) is 0 Å². The van der Waals surface area contributed by atoms with Crippen molar-refractivity contribution in [2.24, 2.45) is 28.6 Å². The predicted octanol–water partition coefficient (Wildman–Crippen LogP) is 5.19. The van der Waals surface area contributed by atoms with Crippen molar-refractivity contribution in [2.45, 2.75) is 127 Å². The van der Waals surface area contributed by atoms with Crippen LogP contribution in [0.5, 0.6) is 0 Å². The monoisotopic (exact) mass is 558 g/mol. The molecule has 1 aromatic rings. The quantitative estimate of drug-likeness (QED) is 0.279. The van der Waals surface area contributed by atoms with Crippen LogP contribution >= 0.6 is 0 Å². The molecule has 0 bridgehead atoms. The Morgan fingerprint density at radius 2 is 1.77 bits per heavy atom. The zero-order chi connectivity index (χ0) is 28.7. The third kappa shape index (κ3) is 5.15. The molecule has 9 atom stereocenters. The fraction of sp³-hybridized carbons (Fsp3) is 0.781. The van der Waals surface area contributed by atoms with Gasteiger partial charge in [0.15, 0.2) is 0 Å². The molecule has 0 aliphatic heterocycles. The minimum Gasteiger partial charge on any atom is -0.481 e. The fourth-order valence-corrected chi connectivity index (χ4v) is 9.64. The molecule has 4 aliphatic carbocycles. The van der Waals surface area contributed by atoms with E-state index in [1.165, 1.54) is 12.3 Å². The minimum absolute atomic E-state index is 0.000709. The number of hydrogen-bond acceptors (Lipinski definition) is 7. The molecule has 0 unspecified atom stereocenters. The molecule has 40 heavy (non-hydrogen) atoms. The number of rotatable bonds is 9. The highest BCUT2D eigenvalue weighted by atomic mass is 16.5. The number of unbranched alkanes of at least 4 members (excludes halogenated alkanes) is 3. The number of ether oxygens (including phenoxy) is 1. The maximum Gasteiger partial charge on any atom is 0.335 e. The predicted molar refractivity (Wildman–Crippen MR) is 148 cm³/mol. The van der Waals surface area contributed by atoms with E-state index in [2.05, 4.69) is 13.8 Å². The van der Waals surface area contributed by atoms with Gasteiger partial charge in [0.25, 0.3) is 0 Å². The lowest BCUT2D eigenvalue weighted by Gasteiger charge is -2.65. The largest absolute Gasteiger partial charge is 0.481 e. The molecule has 4 saturated carbocycles. The number of fused-ring (bicyclic) bond motifs is 5. The normalized spacial score (nSPS) is 40.5. The Morgan fingerprint density at radius 3 is 2.48 bits per heavy atom. The summed E-state index contributed by atoms with van der Waals surface area (Å²) in [5.74, 6) is -0.591. The zero-order valence-corrected chi connectivity index (χ0v) is 24.0. The van der Waals surface area contributed by atoms with Gasteiger partial charge < -0.3 is 24.5 Å². The SMILES string of the molecule is C[C@]12CC[C@H](OC(=O)CCCCCCC(=O)O)C[C@H]1CC[C@H]1[C@@H]2[C@H](O)C[C@]2(C)[C@@H](c3ccc(=O)oc3)CC[C@]12O. The van der Waals surface area contributed by atoms with Crippen LogP contribution in [-0.4, -0.2) is 45.1 Å². The Hall–Kier alpha value is -2.19. The van der Waals surface area contributed by atoms with Crippen LogP contribution in [0.3, 0.4) is 0 Å². The molecule has 4 fully saturated rings. The van der Waals surface area contributed by atoms with E-state index in [9.17, 15) is 24.6 Å². The zero-order valence-electron chi connectivity index (χ0n) is 24.0. The van der Waals surface area contributed by atoms with Gasteiger partial charge in [-0.25, -0.2) is 4.79 Å². The van der Waals surface area contributed by atoms with Crippen molar-refractivity contribution >= 4 is 11.9 Å². The lowest BCUT2D eigenvalue weighted by Crippen LogP contribution is -2.66. The molecule has 0 saturated heterocycles. The summed E-state index contributed by atoms with van der Waals surface area (Å²) in [4.78, 5) is 34.7. The fourth-order valence-electron chi connectivity index (χ4n) is 9.64. The number of carboxylic acid groups (broad SMARTS) is 1. The number of aliphatic hydroxyl groups excluding tert-OH is 1. The molecule has 3 N–H and O–H groups in total. The summed E-state index contributed by atoms with van der Waals surface area (Å²) in [5, 5.41) is 32.9. The number of hydrogen-bond donors (Lipinski definition) is 3. The summed E-state index contributed by atoms with van der Waals surface area (Å²) in [6.45, 7) is 4.41. The highest BCUT2D eigenvalue weighted by Gasteiger charge is 2.69. The van der Waals surface area contributed by atoms with E-state index in [1.807, 2.05) is 6.07 Å². The average molecular weight is 559 g/mol.